The number of rotatable bonds is 7. The van der Waals surface area contributed by atoms with Crippen LogP contribution in [0.25, 0.3) is 0 Å². The summed E-state index contributed by atoms with van der Waals surface area (Å²) in [5.74, 6) is 0.0885. The van der Waals surface area contributed by atoms with Gasteiger partial charge in [-0.3, -0.25) is 4.79 Å². The van der Waals surface area contributed by atoms with Crippen LogP contribution in [-0.2, 0) is 10.0 Å². The highest BCUT2D eigenvalue weighted by molar-refractivity contribution is 7.89. The number of hydrogen-bond acceptors (Lipinski definition) is 4. The molecular weight excluding hydrogens is 398 g/mol. The maximum Gasteiger partial charge on any atom is 0.251 e. The highest BCUT2D eigenvalue weighted by Crippen LogP contribution is 2.25. The zero-order valence-electron chi connectivity index (χ0n) is 17.3. The predicted molar refractivity (Wildman–Crippen MR) is 115 cm³/mol. The number of benzene rings is 1. The lowest BCUT2D eigenvalue weighted by Gasteiger charge is -2.31. The summed E-state index contributed by atoms with van der Waals surface area (Å²) in [7, 11) is -3.59. The summed E-state index contributed by atoms with van der Waals surface area (Å²) in [6.07, 6.45) is 3.56. The van der Waals surface area contributed by atoms with Crippen LogP contribution in [0.5, 0.6) is 0 Å². The number of piperidine rings is 1. The van der Waals surface area contributed by atoms with Crippen molar-refractivity contribution in [1.29, 1.82) is 0 Å². The molecule has 0 radical (unpaired) electrons. The SMILES string of the molecule is Cc1ccc(C(=O)NC(C)(CN)CC(C)C)cc1S(=O)(=O)N1CCCCC1.Cl. The van der Waals surface area contributed by atoms with Gasteiger partial charge < -0.3 is 11.1 Å². The summed E-state index contributed by atoms with van der Waals surface area (Å²) >= 11 is 0. The third-order valence-electron chi connectivity index (χ3n) is 5.11. The fourth-order valence-corrected chi connectivity index (χ4v) is 5.46. The van der Waals surface area contributed by atoms with E-state index in [0.717, 1.165) is 25.7 Å². The number of aryl methyl sites for hydroxylation is 1. The normalized spacial score (nSPS) is 17.6. The molecule has 1 amide bonds. The number of nitrogens with one attached hydrogen (secondary N) is 1. The van der Waals surface area contributed by atoms with Crippen LogP contribution in [0.4, 0.5) is 0 Å². The molecule has 8 heteroatoms. The van der Waals surface area contributed by atoms with Crippen molar-refractivity contribution in [2.45, 2.75) is 63.8 Å². The summed E-state index contributed by atoms with van der Waals surface area (Å²) < 4.78 is 27.6. The number of hydrogen-bond donors (Lipinski definition) is 2. The summed E-state index contributed by atoms with van der Waals surface area (Å²) in [6, 6.07) is 4.88. The second kappa shape index (κ2) is 10.1. The molecule has 0 aliphatic carbocycles. The largest absolute Gasteiger partial charge is 0.346 e. The second-order valence-corrected chi connectivity index (χ2v) is 10.2. The lowest BCUT2D eigenvalue weighted by atomic mass is 9.90. The maximum atomic E-state index is 13.0. The molecular formula is C20H34ClN3O3S. The zero-order valence-corrected chi connectivity index (χ0v) is 19.0. The molecule has 1 heterocycles. The van der Waals surface area contributed by atoms with E-state index < -0.39 is 15.6 Å². The third-order valence-corrected chi connectivity index (χ3v) is 7.15. The van der Waals surface area contributed by atoms with Crippen LogP contribution < -0.4 is 11.1 Å². The van der Waals surface area contributed by atoms with Crippen molar-refractivity contribution in [3.8, 4) is 0 Å². The molecule has 2 rings (SSSR count). The average Bonchev–Trinajstić information content (AvgIpc) is 2.61. The number of halogens is 1. The minimum absolute atomic E-state index is 0. The summed E-state index contributed by atoms with van der Waals surface area (Å²) in [5.41, 5.74) is 6.36. The van der Waals surface area contributed by atoms with Gasteiger partial charge in [-0.2, -0.15) is 4.31 Å². The van der Waals surface area contributed by atoms with E-state index in [4.69, 9.17) is 5.73 Å². The van der Waals surface area contributed by atoms with Crippen LogP contribution in [0.3, 0.4) is 0 Å². The molecule has 1 aliphatic heterocycles. The molecule has 1 aromatic rings. The number of amides is 1. The molecule has 6 nitrogen and oxygen atoms in total. The first-order valence-electron chi connectivity index (χ1n) is 9.72. The van der Waals surface area contributed by atoms with Gasteiger partial charge in [0.15, 0.2) is 0 Å². The lowest BCUT2D eigenvalue weighted by molar-refractivity contribution is 0.0898. The highest BCUT2D eigenvalue weighted by Gasteiger charge is 2.30. The first-order chi connectivity index (χ1) is 12.6. The Morgan fingerprint density at radius 1 is 1.25 bits per heavy atom. The molecule has 0 saturated carbocycles. The minimum Gasteiger partial charge on any atom is -0.346 e. The Bertz CT molecular complexity index is 777. The van der Waals surface area contributed by atoms with Crippen molar-refractivity contribution in [2.24, 2.45) is 11.7 Å². The van der Waals surface area contributed by atoms with Crippen molar-refractivity contribution in [3.63, 3.8) is 0 Å². The summed E-state index contributed by atoms with van der Waals surface area (Å²) in [4.78, 5) is 13.0. The van der Waals surface area contributed by atoms with Crippen LogP contribution in [-0.4, -0.2) is 43.8 Å². The van der Waals surface area contributed by atoms with E-state index in [9.17, 15) is 13.2 Å². The van der Waals surface area contributed by atoms with E-state index >= 15 is 0 Å². The zero-order chi connectivity index (χ0) is 20.2. The average molecular weight is 432 g/mol. The molecule has 1 unspecified atom stereocenters. The summed E-state index contributed by atoms with van der Waals surface area (Å²) in [5, 5.41) is 3.00. The minimum atomic E-state index is -3.59. The van der Waals surface area contributed by atoms with Crippen LogP contribution >= 0.6 is 12.4 Å². The van der Waals surface area contributed by atoms with Gasteiger partial charge in [0.05, 0.1) is 4.90 Å². The molecule has 1 aliphatic rings. The Labute approximate surface area is 175 Å². The van der Waals surface area contributed by atoms with Crippen LogP contribution in [0, 0.1) is 12.8 Å². The molecule has 160 valence electrons. The van der Waals surface area contributed by atoms with E-state index in [2.05, 4.69) is 19.2 Å². The fourth-order valence-electron chi connectivity index (χ4n) is 3.70. The quantitative estimate of drug-likeness (QED) is 0.693. The van der Waals surface area contributed by atoms with E-state index in [1.54, 1.807) is 19.1 Å². The van der Waals surface area contributed by atoms with Gasteiger partial charge in [-0.1, -0.05) is 26.3 Å². The van der Waals surface area contributed by atoms with Gasteiger partial charge in [0, 0.05) is 30.7 Å². The molecule has 0 aromatic heterocycles. The van der Waals surface area contributed by atoms with Gasteiger partial charge in [0.1, 0.15) is 0 Å². The Kier molecular flexibility index (Phi) is 8.93. The highest BCUT2D eigenvalue weighted by atomic mass is 35.5. The molecule has 0 bridgehead atoms. The number of nitrogens with two attached hydrogens (primary N) is 1. The van der Waals surface area contributed by atoms with E-state index in [1.807, 2.05) is 6.92 Å². The first kappa shape index (κ1) is 24.9. The number of nitrogens with zero attached hydrogens (tertiary/aromatic N) is 1. The molecule has 1 fully saturated rings. The predicted octanol–water partition coefficient (Wildman–Crippen LogP) is 3.08. The van der Waals surface area contributed by atoms with E-state index in [0.29, 0.717) is 36.7 Å². The van der Waals surface area contributed by atoms with E-state index in [1.165, 1.54) is 10.4 Å². The van der Waals surface area contributed by atoms with Crippen LogP contribution in [0.2, 0.25) is 0 Å². The van der Waals surface area contributed by atoms with Crippen molar-refractivity contribution in [3.05, 3.63) is 29.3 Å². The maximum absolute atomic E-state index is 13.0. The second-order valence-electron chi connectivity index (χ2n) is 8.26. The summed E-state index contributed by atoms with van der Waals surface area (Å²) in [6.45, 7) is 9.24. The van der Waals surface area contributed by atoms with Crippen molar-refractivity contribution >= 4 is 28.3 Å². The van der Waals surface area contributed by atoms with Crippen molar-refractivity contribution in [2.75, 3.05) is 19.6 Å². The number of sulfonamides is 1. The lowest BCUT2D eigenvalue weighted by Crippen LogP contribution is -2.52. The van der Waals surface area contributed by atoms with Crippen LogP contribution in [0.1, 0.15) is 62.4 Å². The Balaban J connectivity index is 0.00000392. The van der Waals surface area contributed by atoms with Gasteiger partial charge in [-0.15, -0.1) is 12.4 Å². The van der Waals surface area contributed by atoms with Gasteiger partial charge >= 0.3 is 0 Å². The Morgan fingerprint density at radius 3 is 2.39 bits per heavy atom. The molecule has 0 spiro atoms. The fraction of sp³-hybridized carbons (Fsp3) is 0.650. The molecule has 3 N–H and O–H groups in total. The first-order valence-corrected chi connectivity index (χ1v) is 11.2. The van der Waals surface area contributed by atoms with Gasteiger partial charge in [-0.05, 0) is 56.7 Å². The monoisotopic (exact) mass is 431 g/mol. The molecule has 1 atom stereocenters. The van der Waals surface area contributed by atoms with Crippen LogP contribution in [0.15, 0.2) is 23.1 Å². The van der Waals surface area contributed by atoms with E-state index in [-0.39, 0.29) is 23.2 Å². The standard InChI is InChI=1S/C20H33N3O3S.ClH/c1-15(2)13-20(4,14-21)22-19(24)17-9-8-16(3)18(12-17)27(25,26)23-10-6-5-7-11-23;/h8-9,12,15H,5-7,10-11,13-14,21H2,1-4H3,(H,22,24);1H. The molecule has 1 saturated heterocycles. The number of carbonyl (C=O) groups excluding carboxylic acids is 1. The van der Waals surface area contributed by atoms with Crippen molar-refractivity contribution < 1.29 is 13.2 Å². The Morgan fingerprint density at radius 2 is 1.86 bits per heavy atom. The Hall–Kier alpha value is -1.15. The number of carbonyl (C=O) groups is 1. The smallest absolute Gasteiger partial charge is 0.251 e. The third kappa shape index (κ3) is 5.92. The van der Waals surface area contributed by atoms with Gasteiger partial charge in [-0.25, -0.2) is 8.42 Å². The van der Waals surface area contributed by atoms with Crippen molar-refractivity contribution in [1.82, 2.24) is 9.62 Å². The molecule has 1 aromatic carbocycles. The van der Waals surface area contributed by atoms with Gasteiger partial charge in [0.25, 0.3) is 5.91 Å². The van der Waals surface area contributed by atoms with Gasteiger partial charge in [0.2, 0.25) is 10.0 Å². The molecule has 28 heavy (non-hydrogen) atoms. The topological polar surface area (TPSA) is 92.5 Å².